The maximum atomic E-state index is 11.3. The van der Waals surface area contributed by atoms with Crippen molar-refractivity contribution in [1.29, 1.82) is 0 Å². The number of furan rings is 1. The van der Waals surface area contributed by atoms with Crippen LogP contribution in [0.15, 0.2) is 42.6 Å². The first-order chi connectivity index (χ1) is 9.04. The predicted molar refractivity (Wildman–Crippen MR) is 83.8 cm³/mol. The fourth-order valence-electron chi connectivity index (χ4n) is 1.88. The van der Waals surface area contributed by atoms with Crippen molar-refractivity contribution in [2.75, 3.05) is 0 Å². The van der Waals surface area contributed by atoms with Crippen LogP contribution in [-0.2, 0) is 0 Å². The number of aromatic nitrogens is 2. The van der Waals surface area contributed by atoms with Gasteiger partial charge in [0.25, 0.3) is 0 Å². The Morgan fingerprint density at radius 3 is 2.42 bits per heavy atom. The number of hydrogen-bond acceptors (Lipinski definition) is 2. The Hall–Kier alpha value is -0.790. The molecule has 2 aromatic heterocycles. The van der Waals surface area contributed by atoms with E-state index < -0.39 is 0 Å². The molecule has 0 aliphatic rings. The number of hydrogen-bond donors (Lipinski definition) is 2. The first-order valence-electron chi connectivity index (χ1n) is 5.35. The van der Waals surface area contributed by atoms with Gasteiger partial charge in [0, 0.05) is 4.47 Å². The molecule has 1 unspecified atom stereocenters. The molecular formula is C12H7Br3N2O2. The molecule has 0 aliphatic heterocycles. The van der Waals surface area contributed by atoms with E-state index in [2.05, 4.69) is 57.8 Å². The third kappa shape index (κ3) is 2.46. The van der Waals surface area contributed by atoms with Gasteiger partial charge < -0.3 is 14.4 Å². The molecule has 1 atom stereocenters. The molecule has 0 radical (unpaired) electrons. The summed E-state index contributed by atoms with van der Waals surface area (Å²) in [7, 11) is 0. The van der Waals surface area contributed by atoms with Gasteiger partial charge in [0.1, 0.15) is 5.76 Å². The molecule has 0 saturated heterocycles. The maximum absolute atomic E-state index is 11.3. The summed E-state index contributed by atoms with van der Waals surface area (Å²) in [5, 5.41) is 0. The van der Waals surface area contributed by atoms with Crippen LogP contribution in [0.1, 0.15) is 16.2 Å². The number of imidazole rings is 1. The van der Waals surface area contributed by atoms with E-state index in [9.17, 15) is 4.79 Å². The van der Waals surface area contributed by atoms with Crippen molar-refractivity contribution in [2.24, 2.45) is 0 Å². The Bertz CT molecular complexity index is 803. The molecule has 0 spiro atoms. The molecule has 3 rings (SSSR count). The molecule has 0 amide bonds. The third-order valence-electron chi connectivity index (χ3n) is 2.75. The van der Waals surface area contributed by atoms with E-state index in [0.29, 0.717) is 4.67 Å². The van der Waals surface area contributed by atoms with Crippen molar-refractivity contribution in [3.8, 4) is 0 Å². The second kappa shape index (κ2) is 4.96. The van der Waals surface area contributed by atoms with Gasteiger partial charge in [-0.15, -0.1) is 0 Å². The number of H-pyrrole nitrogens is 2. The van der Waals surface area contributed by atoms with Gasteiger partial charge in [0.05, 0.1) is 15.9 Å². The molecule has 4 nitrogen and oxygen atoms in total. The Morgan fingerprint density at radius 1 is 1.11 bits per heavy atom. The lowest BCUT2D eigenvalue weighted by Gasteiger charge is -2.10. The van der Waals surface area contributed by atoms with E-state index in [4.69, 9.17) is 4.42 Å². The Morgan fingerprint density at radius 2 is 1.79 bits per heavy atom. The molecule has 1 aromatic carbocycles. The Labute approximate surface area is 133 Å². The molecule has 0 saturated carbocycles. The Kier molecular flexibility index (Phi) is 3.44. The van der Waals surface area contributed by atoms with Crippen molar-refractivity contribution < 1.29 is 4.42 Å². The summed E-state index contributed by atoms with van der Waals surface area (Å²) in [6.45, 7) is 0. The van der Waals surface area contributed by atoms with Crippen LogP contribution < -0.4 is 5.69 Å². The normalized spacial score (nSPS) is 13.0. The van der Waals surface area contributed by atoms with E-state index in [-0.39, 0.29) is 10.5 Å². The average Bonchev–Trinajstić information content (AvgIpc) is 2.92. The highest BCUT2D eigenvalue weighted by atomic mass is 79.9. The summed E-state index contributed by atoms with van der Waals surface area (Å²) < 4.78 is 7.11. The molecular weight excluding hydrogens is 444 g/mol. The van der Waals surface area contributed by atoms with Crippen molar-refractivity contribution >= 4 is 58.8 Å². The minimum absolute atomic E-state index is 0.101. The molecule has 0 bridgehead atoms. The second-order valence-corrected chi connectivity index (χ2v) is 6.55. The molecule has 2 heterocycles. The zero-order valence-electron chi connectivity index (χ0n) is 9.34. The number of benzene rings is 1. The van der Waals surface area contributed by atoms with Gasteiger partial charge in [-0.1, -0.05) is 31.9 Å². The second-order valence-electron chi connectivity index (χ2n) is 4.00. The number of aromatic amines is 2. The van der Waals surface area contributed by atoms with Crippen LogP contribution in [0, 0.1) is 0 Å². The smallest absolute Gasteiger partial charge is 0.323 e. The van der Waals surface area contributed by atoms with Crippen molar-refractivity contribution in [2.45, 2.75) is 4.83 Å². The summed E-state index contributed by atoms with van der Waals surface area (Å²) in [6, 6.07) is 7.51. The summed E-state index contributed by atoms with van der Waals surface area (Å²) in [4.78, 5) is 16.7. The molecule has 0 fully saturated rings. The topological polar surface area (TPSA) is 61.8 Å². The molecule has 3 aromatic rings. The molecule has 7 heteroatoms. The standard InChI is InChI=1S/C12H7Br3N2O2/c13-6-4-8-7(16-12(18)17-8)3-5(6)11(15)9-1-2-10(14)19-9/h1-4,11H,(H2,16,17,18). The molecule has 2 N–H and O–H groups in total. The minimum atomic E-state index is -0.217. The van der Waals surface area contributed by atoms with Crippen LogP contribution in [0.3, 0.4) is 0 Å². The quantitative estimate of drug-likeness (QED) is 0.566. The number of rotatable bonds is 2. The highest BCUT2D eigenvalue weighted by Gasteiger charge is 2.18. The van der Waals surface area contributed by atoms with E-state index in [0.717, 1.165) is 26.8 Å². The molecule has 98 valence electrons. The van der Waals surface area contributed by atoms with Crippen molar-refractivity contribution in [3.63, 3.8) is 0 Å². The third-order valence-corrected chi connectivity index (χ3v) is 4.81. The SMILES string of the molecule is O=c1[nH]c2cc(Br)c(C(Br)c3ccc(Br)o3)cc2[nH]1. The summed E-state index contributed by atoms with van der Waals surface area (Å²) in [5.41, 5.74) is 2.29. The van der Waals surface area contributed by atoms with Crippen LogP contribution in [0.2, 0.25) is 0 Å². The zero-order valence-corrected chi connectivity index (χ0v) is 14.1. The summed E-state index contributed by atoms with van der Waals surface area (Å²) in [6.07, 6.45) is 0. The first-order valence-corrected chi connectivity index (χ1v) is 7.85. The number of alkyl halides is 1. The lowest BCUT2D eigenvalue weighted by atomic mass is 10.1. The number of nitrogens with one attached hydrogen (secondary N) is 2. The van der Waals surface area contributed by atoms with Gasteiger partial charge in [-0.2, -0.15) is 0 Å². The maximum Gasteiger partial charge on any atom is 0.323 e. The average molecular weight is 451 g/mol. The van der Waals surface area contributed by atoms with Gasteiger partial charge in [-0.25, -0.2) is 4.79 Å². The minimum Gasteiger partial charge on any atom is -0.453 e. The molecule has 0 aliphatic carbocycles. The van der Waals surface area contributed by atoms with Gasteiger partial charge in [-0.05, 0) is 45.8 Å². The van der Waals surface area contributed by atoms with Gasteiger partial charge in [-0.3, -0.25) is 0 Å². The van der Waals surface area contributed by atoms with Gasteiger partial charge in [0.15, 0.2) is 4.67 Å². The predicted octanol–water partition coefficient (Wildman–Crippen LogP) is 4.46. The molecule has 19 heavy (non-hydrogen) atoms. The van der Waals surface area contributed by atoms with Gasteiger partial charge >= 0.3 is 5.69 Å². The fourth-order valence-corrected chi connectivity index (χ4v) is 3.71. The monoisotopic (exact) mass is 448 g/mol. The van der Waals surface area contributed by atoms with E-state index >= 15 is 0 Å². The van der Waals surface area contributed by atoms with Crippen molar-refractivity contribution in [1.82, 2.24) is 9.97 Å². The first kappa shape index (κ1) is 13.2. The lowest BCUT2D eigenvalue weighted by Crippen LogP contribution is -1.99. The van der Waals surface area contributed by atoms with Crippen LogP contribution >= 0.6 is 47.8 Å². The van der Waals surface area contributed by atoms with Gasteiger partial charge in [0.2, 0.25) is 0 Å². The summed E-state index contributed by atoms with van der Waals surface area (Å²) in [5.74, 6) is 0.782. The highest BCUT2D eigenvalue weighted by Crippen LogP contribution is 2.38. The fraction of sp³-hybridized carbons (Fsp3) is 0.0833. The van der Waals surface area contributed by atoms with Crippen LogP contribution in [-0.4, -0.2) is 9.97 Å². The lowest BCUT2D eigenvalue weighted by molar-refractivity contribution is 0.497. The van der Waals surface area contributed by atoms with Crippen LogP contribution in [0.5, 0.6) is 0 Å². The van der Waals surface area contributed by atoms with Crippen molar-refractivity contribution in [3.05, 3.63) is 55.2 Å². The number of fused-ring (bicyclic) bond motifs is 1. The van der Waals surface area contributed by atoms with Crippen LogP contribution in [0.4, 0.5) is 0 Å². The zero-order chi connectivity index (χ0) is 13.6. The van der Waals surface area contributed by atoms with E-state index in [1.54, 1.807) is 0 Å². The highest BCUT2D eigenvalue weighted by molar-refractivity contribution is 9.11. The van der Waals surface area contributed by atoms with E-state index in [1.165, 1.54) is 0 Å². The van der Waals surface area contributed by atoms with E-state index in [1.807, 2.05) is 24.3 Å². The number of halogens is 3. The summed E-state index contributed by atoms with van der Waals surface area (Å²) >= 11 is 10.4. The van der Waals surface area contributed by atoms with Crippen LogP contribution in [0.25, 0.3) is 11.0 Å². The Balaban J connectivity index is 2.13. The largest absolute Gasteiger partial charge is 0.453 e.